The Balaban J connectivity index is 1.75. The van der Waals surface area contributed by atoms with Gasteiger partial charge in [0.25, 0.3) is 0 Å². The smallest absolute Gasteiger partial charge is 0.223 e. The predicted molar refractivity (Wildman–Crippen MR) is 110 cm³/mol. The van der Waals surface area contributed by atoms with Crippen molar-refractivity contribution in [2.45, 2.75) is 58.0 Å². The van der Waals surface area contributed by atoms with E-state index in [-0.39, 0.29) is 17.9 Å². The number of likely N-dealkylation sites (tertiary alicyclic amines) is 1. The van der Waals surface area contributed by atoms with E-state index < -0.39 is 0 Å². The topological polar surface area (TPSA) is 29.5 Å². The van der Waals surface area contributed by atoms with Crippen molar-refractivity contribution in [1.29, 1.82) is 0 Å². The van der Waals surface area contributed by atoms with Gasteiger partial charge in [0.15, 0.2) is 0 Å². The van der Waals surface area contributed by atoms with Gasteiger partial charge in [0.05, 0.1) is 6.10 Å². The van der Waals surface area contributed by atoms with Crippen molar-refractivity contribution < 1.29 is 9.53 Å². The van der Waals surface area contributed by atoms with Crippen LogP contribution in [0.5, 0.6) is 5.75 Å². The summed E-state index contributed by atoms with van der Waals surface area (Å²) in [5, 5.41) is 0. The third-order valence-corrected chi connectivity index (χ3v) is 5.18. The molecule has 3 heteroatoms. The van der Waals surface area contributed by atoms with Crippen molar-refractivity contribution in [3.8, 4) is 5.75 Å². The summed E-state index contributed by atoms with van der Waals surface area (Å²) in [5.41, 5.74) is 2.48. The quantitative estimate of drug-likeness (QED) is 0.675. The Morgan fingerprint density at radius 1 is 0.963 bits per heavy atom. The van der Waals surface area contributed by atoms with E-state index in [1.165, 1.54) is 17.5 Å². The lowest BCUT2D eigenvalue weighted by molar-refractivity contribution is -0.132. The van der Waals surface area contributed by atoms with Gasteiger partial charge in [0, 0.05) is 19.5 Å². The zero-order valence-corrected chi connectivity index (χ0v) is 16.6. The molecule has 0 bridgehead atoms. The summed E-state index contributed by atoms with van der Waals surface area (Å²) in [4.78, 5) is 14.9. The molecule has 0 unspecified atom stereocenters. The van der Waals surface area contributed by atoms with Crippen LogP contribution in [0.15, 0.2) is 54.6 Å². The van der Waals surface area contributed by atoms with Crippen molar-refractivity contribution in [2.75, 3.05) is 13.1 Å². The first-order valence-corrected chi connectivity index (χ1v) is 10.2. The molecule has 0 aromatic heterocycles. The summed E-state index contributed by atoms with van der Waals surface area (Å²) in [6.07, 6.45) is 5.13. The average molecular weight is 366 g/mol. The lowest BCUT2D eigenvalue weighted by Gasteiger charge is -2.29. The number of nitrogens with zero attached hydrogens (tertiary/aromatic N) is 1. The second kappa shape index (κ2) is 9.59. The Morgan fingerprint density at radius 2 is 1.63 bits per heavy atom. The number of amides is 1. The number of carbonyl (C=O) groups is 1. The standard InChI is InChI=1S/C24H31NO2/c1-19(2)27-23-13-11-21(12-14-23)22(17-20-9-5-3-6-10-20)18-24(26)25-15-7-4-8-16-25/h3,5-6,9-14,19,22H,4,7-8,15-18H2,1-2H3/t22-/m0/s1. The van der Waals surface area contributed by atoms with Crippen molar-refractivity contribution in [3.05, 3.63) is 65.7 Å². The van der Waals surface area contributed by atoms with Crippen LogP contribution in [0, 0.1) is 0 Å². The molecule has 2 aromatic rings. The Kier molecular flexibility index (Phi) is 6.92. The van der Waals surface area contributed by atoms with Gasteiger partial charge in [-0.2, -0.15) is 0 Å². The molecule has 0 spiro atoms. The highest BCUT2D eigenvalue weighted by atomic mass is 16.5. The van der Waals surface area contributed by atoms with Gasteiger partial charge in [-0.25, -0.2) is 0 Å². The summed E-state index contributed by atoms with van der Waals surface area (Å²) >= 11 is 0. The number of hydrogen-bond acceptors (Lipinski definition) is 2. The molecule has 0 aliphatic carbocycles. The minimum atomic E-state index is 0.164. The molecule has 1 amide bonds. The van der Waals surface area contributed by atoms with Gasteiger partial charge in [-0.1, -0.05) is 42.5 Å². The highest BCUT2D eigenvalue weighted by Gasteiger charge is 2.22. The molecule has 0 saturated carbocycles. The summed E-state index contributed by atoms with van der Waals surface area (Å²) < 4.78 is 5.77. The monoisotopic (exact) mass is 365 g/mol. The van der Waals surface area contributed by atoms with Gasteiger partial charge in [0.2, 0.25) is 5.91 Å². The van der Waals surface area contributed by atoms with Crippen LogP contribution in [-0.2, 0) is 11.2 Å². The fraction of sp³-hybridized carbons (Fsp3) is 0.458. The summed E-state index contributed by atoms with van der Waals surface area (Å²) in [6, 6.07) is 18.8. The van der Waals surface area contributed by atoms with Crippen LogP contribution < -0.4 is 4.74 Å². The first kappa shape index (κ1) is 19.5. The third-order valence-electron chi connectivity index (χ3n) is 5.18. The zero-order chi connectivity index (χ0) is 19.1. The lowest BCUT2D eigenvalue weighted by atomic mass is 9.88. The molecule has 0 radical (unpaired) electrons. The van der Waals surface area contributed by atoms with E-state index >= 15 is 0 Å². The Morgan fingerprint density at radius 3 is 2.26 bits per heavy atom. The Labute approximate surface area is 163 Å². The molecular weight excluding hydrogens is 334 g/mol. The van der Waals surface area contributed by atoms with Crippen LogP contribution in [0.3, 0.4) is 0 Å². The van der Waals surface area contributed by atoms with E-state index in [9.17, 15) is 4.79 Å². The highest BCUT2D eigenvalue weighted by Crippen LogP contribution is 2.28. The molecule has 0 N–H and O–H groups in total. The molecule has 2 aromatic carbocycles. The summed E-state index contributed by atoms with van der Waals surface area (Å²) in [6.45, 7) is 5.89. The summed E-state index contributed by atoms with van der Waals surface area (Å²) in [7, 11) is 0. The fourth-order valence-corrected chi connectivity index (χ4v) is 3.78. The van der Waals surface area contributed by atoms with E-state index in [4.69, 9.17) is 4.74 Å². The number of benzene rings is 2. The number of carbonyl (C=O) groups excluding carboxylic acids is 1. The maximum atomic E-state index is 12.9. The molecule has 1 fully saturated rings. The zero-order valence-electron chi connectivity index (χ0n) is 16.6. The maximum Gasteiger partial charge on any atom is 0.223 e. The number of ether oxygens (including phenoxy) is 1. The van der Waals surface area contributed by atoms with Gasteiger partial charge in [-0.05, 0) is 68.7 Å². The molecule has 1 saturated heterocycles. The molecule has 3 nitrogen and oxygen atoms in total. The van der Waals surface area contributed by atoms with E-state index in [2.05, 4.69) is 41.3 Å². The van der Waals surface area contributed by atoms with Crippen LogP contribution >= 0.6 is 0 Å². The molecule has 3 rings (SSSR count). The first-order valence-electron chi connectivity index (χ1n) is 10.2. The molecular formula is C24H31NO2. The second-order valence-corrected chi connectivity index (χ2v) is 7.77. The number of rotatable bonds is 7. The first-order chi connectivity index (χ1) is 13.1. The fourth-order valence-electron chi connectivity index (χ4n) is 3.78. The van der Waals surface area contributed by atoms with Crippen LogP contribution in [0.2, 0.25) is 0 Å². The Bertz CT molecular complexity index is 703. The van der Waals surface area contributed by atoms with E-state index in [1.807, 2.05) is 32.0 Å². The lowest BCUT2D eigenvalue weighted by Crippen LogP contribution is -2.36. The number of piperidine rings is 1. The minimum Gasteiger partial charge on any atom is -0.491 e. The van der Waals surface area contributed by atoms with Gasteiger partial charge in [-0.3, -0.25) is 4.79 Å². The largest absolute Gasteiger partial charge is 0.491 e. The summed E-state index contributed by atoms with van der Waals surface area (Å²) in [5.74, 6) is 1.36. The van der Waals surface area contributed by atoms with Gasteiger partial charge < -0.3 is 9.64 Å². The van der Waals surface area contributed by atoms with Gasteiger partial charge in [-0.15, -0.1) is 0 Å². The Hall–Kier alpha value is -2.29. The predicted octanol–water partition coefficient (Wildman–Crippen LogP) is 5.20. The van der Waals surface area contributed by atoms with Crippen molar-refractivity contribution in [2.24, 2.45) is 0 Å². The van der Waals surface area contributed by atoms with Crippen molar-refractivity contribution in [3.63, 3.8) is 0 Å². The molecule has 144 valence electrons. The third kappa shape index (κ3) is 5.85. The SMILES string of the molecule is CC(C)Oc1ccc([C@H](CC(=O)N2CCCCC2)Cc2ccccc2)cc1. The van der Waals surface area contributed by atoms with Gasteiger partial charge >= 0.3 is 0 Å². The molecule has 27 heavy (non-hydrogen) atoms. The van der Waals surface area contributed by atoms with Crippen LogP contribution in [0.1, 0.15) is 56.6 Å². The van der Waals surface area contributed by atoms with E-state index in [0.717, 1.165) is 38.1 Å². The van der Waals surface area contributed by atoms with Crippen molar-refractivity contribution >= 4 is 5.91 Å². The normalized spacial score (nSPS) is 15.6. The maximum absolute atomic E-state index is 12.9. The molecule has 1 aliphatic rings. The van der Waals surface area contributed by atoms with E-state index in [0.29, 0.717) is 6.42 Å². The molecule has 1 aliphatic heterocycles. The molecule has 1 heterocycles. The number of hydrogen-bond donors (Lipinski definition) is 0. The highest BCUT2D eigenvalue weighted by molar-refractivity contribution is 5.77. The second-order valence-electron chi connectivity index (χ2n) is 7.77. The van der Waals surface area contributed by atoms with Crippen molar-refractivity contribution in [1.82, 2.24) is 4.90 Å². The molecule has 1 atom stereocenters. The van der Waals surface area contributed by atoms with Crippen LogP contribution in [0.25, 0.3) is 0 Å². The minimum absolute atomic E-state index is 0.164. The van der Waals surface area contributed by atoms with Crippen LogP contribution in [-0.4, -0.2) is 30.0 Å². The average Bonchev–Trinajstić information content (AvgIpc) is 2.69. The van der Waals surface area contributed by atoms with Crippen LogP contribution in [0.4, 0.5) is 0 Å². The van der Waals surface area contributed by atoms with E-state index in [1.54, 1.807) is 0 Å². The van der Waals surface area contributed by atoms with Gasteiger partial charge in [0.1, 0.15) is 5.75 Å².